The van der Waals surface area contributed by atoms with Crippen molar-refractivity contribution in [1.82, 2.24) is 0 Å². The second kappa shape index (κ2) is 9.38. The van der Waals surface area contributed by atoms with Crippen molar-refractivity contribution in [3.8, 4) is 0 Å². The maximum atomic E-state index is 12.2. The minimum atomic E-state index is 0.0501. The van der Waals surface area contributed by atoms with Crippen LogP contribution in [-0.2, 0) is 4.79 Å². The first-order valence-electron chi connectivity index (χ1n) is 8.14. The van der Waals surface area contributed by atoms with Gasteiger partial charge in [-0.3, -0.25) is 4.79 Å². The van der Waals surface area contributed by atoms with E-state index in [-0.39, 0.29) is 5.91 Å². The van der Waals surface area contributed by atoms with Crippen molar-refractivity contribution in [2.75, 3.05) is 11.9 Å². The van der Waals surface area contributed by atoms with Crippen LogP contribution >= 0.6 is 11.8 Å². The summed E-state index contributed by atoms with van der Waals surface area (Å²) in [5.74, 6) is 0.0501. The Balaban J connectivity index is 1.96. The van der Waals surface area contributed by atoms with E-state index in [0.717, 1.165) is 28.3 Å². The molecule has 0 saturated carbocycles. The summed E-state index contributed by atoms with van der Waals surface area (Å²) in [4.78, 5) is 14.4. The molecule has 4 heteroatoms. The van der Waals surface area contributed by atoms with Gasteiger partial charge in [-0.1, -0.05) is 55.4 Å². The first kappa shape index (κ1) is 17.6. The monoisotopic (exact) mass is 329 g/mol. The van der Waals surface area contributed by atoms with Gasteiger partial charge in [0.15, 0.2) is 6.54 Å². The van der Waals surface area contributed by atoms with E-state index in [2.05, 4.69) is 36.6 Å². The molecule has 0 unspecified atom stereocenters. The Morgan fingerprint density at radius 1 is 1.13 bits per heavy atom. The number of hydrogen-bond donors (Lipinski definition) is 2. The molecule has 0 heterocycles. The average molecular weight is 329 g/mol. The molecule has 0 aliphatic heterocycles. The average Bonchev–Trinajstić information content (AvgIpc) is 2.56. The fraction of sp³-hybridized carbons (Fsp3) is 0.316. The Morgan fingerprint density at radius 2 is 1.83 bits per heavy atom. The third-order valence-corrected chi connectivity index (χ3v) is 4.67. The fourth-order valence-electron chi connectivity index (χ4n) is 2.36. The summed E-state index contributed by atoms with van der Waals surface area (Å²) >= 11 is 1.66. The zero-order valence-electron chi connectivity index (χ0n) is 13.8. The molecule has 2 aromatic rings. The first-order valence-corrected chi connectivity index (χ1v) is 8.95. The summed E-state index contributed by atoms with van der Waals surface area (Å²) in [7, 11) is 0. The molecule has 122 valence electrons. The van der Waals surface area contributed by atoms with Crippen LogP contribution < -0.4 is 10.6 Å². The van der Waals surface area contributed by atoms with E-state index >= 15 is 0 Å². The number of amides is 1. The Labute approximate surface area is 142 Å². The lowest BCUT2D eigenvalue weighted by Gasteiger charge is -2.12. The minimum absolute atomic E-state index is 0.0501. The topological polar surface area (TPSA) is 45.7 Å². The number of para-hydroxylation sites is 1. The molecule has 0 fully saturated rings. The highest BCUT2D eigenvalue weighted by atomic mass is 32.2. The zero-order valence-corrected chi connectivity index (χ0v) is 14.6. The number of nitrogens with two attached hydrogens (primary N) is 1. The van der Waals surface area contributed by atoms with Crippen molar-refractivity contribution < 1.29 is 10.1 Å². The van der Waals surface area contributed by atoms with Gasteiger partial charge in [0, 0.05) is 9.79 Å². The number of hydrogen-bond acceptors (Lipinski definition) is 2. The summed E-state index contributed by atoms with van der Waals surface area (Å²) in [5.41, 5.74) is 0.878. The molecular formula is C19H25N2OS+. The fourth-order valence-corrected chi connectivity index (χ4v) is 3.28. The van der Waals surface area contributed by atoms with Crippen molar-refractivity contribution in [3.63, 3.8) is 0 Å². The largest absolute Gasteiger partial charge is 0.336 e. The minimum Gasteiger partial charge on any atom is -0.336 e. The van der Waals surface area contributed by atoms with Gasteiger partial charge in [-0.2, -0.15) is 0 Å². The second-order valence-corrected chi connectivity index (χ2v) is 6.78. The summed E-state index contributed by atoms with van der Waals surface area (Å²) in [5, 5.41) is 5.14. The maximum Gasteiger partial charge on any atom is 0.279 e. The third-order valence-electron chi connectivity index (χ3n) is 3.58. The number of carbonyl (C=O) groups is 1. The van der Waals surface area contributed by atoms with E-state index in [9.17, 15) is 4.79 Å². The number of anilines is 1. The van der Waals surface area contributed by atoms with E-state index in [1.54, 1.807) is 11.8 Å². The van der Waals surface area contributed by atoms with E-state index in [1.165, 1.54) is 0 Å². The number of nitrogens with one attached hydrogen (secondary N) is 1. The molecule has 1 amide bonds. The molecule has 0 aromatic heterocycles. The van der Waals surface area contributed by atoms with Crippen molar-refractivity contribution in [1.29, 1.82) is 0 Å². The van der Waals surface area contributed by atoms with Gasteiger partial charge < -0.3 is 10.6 Å². The van der Waals surface area contributed by atoms with E-state index in [4.69, 9.17) is 0 Å². The van der Waals surface area contributed by atoms with Gasteiger partial charge in [0.2, 0.25) is 0 Å². The maximum absolute atomic E-state index is 12.2. The molecule has 0 radical (unpaired) electrons. The number of benzene rings is 2. The molecule has 2 rings (SSSR count). The van der Waals surface area contributed by atoms with Crippen LogP contribution in [-0.4, -0.2) is 18.5 Å². The van der Waals surface area contributed by atoms with E-state index in [0.29, 0.717) is 12.6 Å². The highest BCUT2D eigenvalue weighted by molar-refractivity contribution is 7.99. The summed E-state index contributed by atoms with van der Waals surface area (Å²) in [6, 6.07) is 18.6. The Hall–Kier alpha value is -1.78. The van der Waals surface area contributed by atoms with Crippen LogP contribution in [0, 0.1) is 0 Å². The highest BCUT2D eigenvalue weighted by Gasteiger charge is 2.11. The van der Waals surface area contributed by atoms with Crippen LogP contribution in [0.3, 0.4) is 0 Å². The van der Waals surface area contributed by atoms with Gasteiger partial charge in [-0.15, -0.1) is 0 Å². The molecule has 0 spiro atoms. The Bertz CT molecular complexity index is 616. The van der Waals surface area contributed by atoms with Crippen LogP contribution in [0.5, 0.6) is 0 Å². The SMILES string of the molecule is CCC[C@H](C)[NH2+]CC(=O)Nc1ccccc1Sc1ccccc1. The molecule has 1 atom stereocenters. The van der Waals surface area contributed by atoms with Crippen molar-refractivity contribution >= 4 is 23.4 Å². The van der Waals surface area contributed by atoms with Crippen LogP contribution in [0.25, 0.3) is 0 Å². The zero-order chi connectivity index (χ0) is 16.5. The van der Waals surface area contributed by atoms with Crippen LogP contribution in [0.15, 0.2) is 64.4 Å². The first-order chi connectivity index (χ1) is 11.2. The third kappa shape index (κ3) is 6.08. The lowest BCUT2D eigenvalue weighted by molar-refractivity contribution is -0.676. The van der Waals surface area contributed by atoms with Gasteiger partial charge in [-0.25, -0.2) is 0 Å². The molecule has 0 aliphatic rings. The Morgan fingerprint density at radius 3 is 2.57 bits per heavy atom. The highest BCUT2D eigenvalue weighted by Crippen LogP contribution is 2.32. The summed E-state index contributed by atoms with van der Waals surface area (Å²) in [6.45, 7) is 4.79. The van der Waals surface area contributed by atoms with Crippen molar-refractivity contribution in [2.24, 2.45) is 0 Å². The molecule has 2 aromatic carbocycles. The van der Waals surface area contributed by atoms with E-state index in [1.807, 2.05) is 42.5 Å². The van der Waals surface area contributed by atoms with Gasteiger partial charge in [0.1, 0.15) is 0 Å². The molecule has 0 aliphatic carbocycles. The smallest absolute Gasteiger partial charge is 0.279 e. The number of carbonyl (C=O) groups excluding carboxylic acids is 1. The van der Waals surface area contributed by atoms with Crippen LogP contribution in [0.4, 0.5) is 5.69 Å². The molecule has 0 saturated heterocycles. The molecule has 3 N–H and O–H groups in total. The predicted octanol–water partition coefficient (Wildman–Crippen LogP) is 3.53. The molecule has 0 bridgehead atoms. The van der Waals surface area contributed by atoms with Gasteiger partial charge in [0.05, 0.1) is 11.7 Å². The lowest BCUT2D eigenvalue weighted by Crippen LogP contribution is -2.91. The molecule has 3 nitrogen and oxygen atoms in total. The number of quaternary nitrogens is 1. The van der Waals surface area contributed by atoms with Gasteiger partial charge >= 0.3 is 0 Å². The summed E-state index contributed by atoms with van der Waals surface area (Å²) < 4.78 is 0. The van der Waals surface area contributed by atoms with Crippen molar-refractivity contribution in [3.05, 3.63) is 54.6 Å². The predicted molar refractivity (Wildman–Crippen MR) is 96.8 cm³/mol. The van der Waals surface area contributed by atoms with Crippen molar-refractivity contribution in [2.45, 2.75) is 42.5 Å². The normalized spacial score (nSPS) is 11.9. The van der Waals surface area contributed by atoms with Gasteiger partial charge in [-0.05, 0) is 37.6 Å². The second-order valence-electron chi connectivity index (χ2n) is 5.67. The van der Waals surface area contributed by atoms with Crippen LogP contribution in [0.1, 0.15) is 26.7 Å². The standard InChI is InChI=1S/C19H24N2OS/c1-3-9-15(2)20-14-19(22)21-17-12-7-8-13-18(17)23-16-10-5-4-6-11-16/h4-8,10-13,15,20H,3,9,14H2,1-2H3,(H,21,22)/p+1/t15-/m0/s1. The quantitative estimate of drug-likeness (QED) is 0.778. The van der Waals surface area contributed by atoms with E-state index < -0.39 is 0 Å². The summed E-state index contributed by atoms with van der Waals surface area (Å²) in [6.07, 6.45) is 2.28. The molecular weight excluding hydrogens is 304 g/mol. The Kier molecular flexibility index (Phi) is 7.17. The lowest BCUT2D eigenvalue weighted by atomic mass is 10.2. The molecule has 23 heavy (non-hydrogen) atoms. The van der Waals surface area contributed by atoms with Gasteiger partial charge in [0.25, 0.3) is 5.91 Å². The van der Waals surface area contributed by atoms with Crippen LogP contribution in [0.2, 0.25) is 0 Å². The number of rotatable bonds is 8.